The fourth-order valence-electron chi connectivity index (χ4n) is 1.30. The summed E-state index contributed by atoms with van der Waals surface area (Å²) in [7, 11) is 1.75. The van der Waals surface area contributed by atoms with E-state index >= 15 is 0 Å². The molecular weight excluding hydrogens is 218 g/mol. The van der Waals surface area contributed by atoms with Crippen LogP contribution in [0.25, 0.3) is 0 Å². The lowest BCUT2D eigenvalue weighted by atomic mass is 9.97. The lowest BCUT2D eigenvalue weighted by Crippen LogP contribution is -2.35. The van der Waals surface area contributed by atoms with Gasteiger partial charge >= 0.3 is 0 Å². The predicted octanol–water partition coefficient (Wildman–Crippen LogP) is 1.01. The lowest BCUT2D eigenvalue weighted by Gasteiger charge is -2.14. The summed E-state index contributed by atoms with van der Waals surface area (Å²) >= 11 is 0. The molecule has 1 aromatic heterocycles. The van der Waals surface area contributed by atoms with Crippen molar-refractivity contribution in [3.63, 3.8) is 0 Å². The van der Waals surface area contributed by atoms with Crippen LogP contribution in [0.3, 0.4) is 0 Å². The molecule has 0 radical (unpaired) electrons. The second kappa shape index (κ2) is 5.61. The summed E-state index contributed by atoms with van der Waals surface area (Å²) in [5.41, 5.74) is 0.519. The molecule has 1 heterocycles. The predicted molar refractivity (Wildman–Crippen MR) is 64.6 cm³/mol. The number of rotatable bonds is 5. The van der Waals surface area contributed by atoms with Gasteiger partial charge in [-0.05, 0) is 5.92 Å². The van der Waals surface area contributed by atoms with Crippen molar-refractivity contribution in [3.8, 4) is 0 Å². The Morgan fingerprint density at radius 2 is 2.06 bits per heavy atom. The van der Waals surface area contributed by atoms with Gasteiger partial charge in [0.25, 0.3) is 0 Å². The molecule has 0 bridgehead atoms. The van der Waals surface area contributed by atoms with Crippen LogP contribution in [0.4, 0.5) is 0 Å². The number of aryl methyl sites for hydroxylation is 1. The molecule has 1 aromatic rings. The minimum atomic E-state index is -0.123. The SMILES string of the molecule is CC(C)C(C)C(=O)NCC(=O)c1cnn(C)c1. The van der Waals surface area contributed by atoms with Crippen LogP contribution >= 0.6 is 0 Å². The van der Waals surface area contributed by atoms with E-state index in [2.05, 4.69) is 10.4 Å². The Bertz CT molecular complexity index is 410. The minimum absolute atomic E-state index is 0.0294. The molecular formula is C12H19N3O2. The summed E-state index contributed by atoms with van der Waals surface area (Å²) in [6.45, 7) is 5.84. The van der Waals surface area contributed by atoms with Crippen LogP contribution in [0.15, 0.2) is 12.4 Å². The summed E-state index contributed by atoms with van der Waals surface area (Å²) in [4.78, 5) is 23.3. The summed E-state index contributed by atoms with van der Waals surface area (Å²) in [5.74, 6) is -0.0279. The van der Waals surface area contributed by atoms with E-state index in [0.717, 1.165) is 0 Å². The third-order valence-electron chi connectivity index (χ3n) is 2.86. The smallest absolute Gasteiger partial charge is 0.223 e. The quantitative estimate of drug-likeness (QED) is 0.777. The highest BCUT2D eigenvalue weighted by atomic mass is 16.2. The van der Waals surface area contributed by atoms with E-state index in [1.165, 1.54) is 6.20 Å². The number of Topliss-reactive ketones (excluding diaryl/α,β-unsaturated/α-hetero) is 1. The van der Waals surface area contributed by atoms with Crippen molar-refractivity contribution in [1.29, 1.82) is 0 Å². The second-order valence-electron chi connectivity index (χ2n) is 4.58. The van der Waals surface area contributed by atoms with Crippen LogP contribution in [0.5, 0.6) is 0 Å². The molecule has 17 heavy (non-hydrogen) atoms. The van der Waals surface area contributed by atoms with E-state index in [1.54, 1.807) is 17.9 Å². The van der Waals surface area contributed by atoms with Gasteiger partial charge in [0.1, 0.15) is 0 Å². The Balaban J connectivity index is 2.46. The van der Waals surface area contributed by atoms with Gasteiger partial charge in [0.05, 0.1) is 18.3 Å². The summed E-state index contributed by atoms with van der Waals surface area (Å²) in [6.07, 6.45) is 3.14. The van der Waals surface area contributed by atoms with Crippen molar-refractivity contribution in [2.45, 2.75) is 20.8 Å². The van der Waals surface area contributed by atoms with Crippen molar-refractivity contribution < 1.29 is 9.59 Å². The van der Waals surface area contributed by atoms with E-state index in [-0.39, 0.29) is 30.1 Å². The molecule has 94 valence electrons. The van der Waals surface area contributed by atoms with Crippen LogP contribution in [0, 0.1) is 11.8 Å². The maximum atomic E-state index is 11.7. The van der Waals surface area contributed by atoms with Gasteiger partial charge in [-0.2, -0.15) is 5.10 Å². The third kappa shape index (κ3) is 3.69. The first-order chi connectivity index (χ1) is 7.91. The fourth-order valence-corrected chi connectivity index (χ4v) is 1.30. The van der Waals surface area contributed by atoms with Gasteiger partial charge in [0.2, 0.25) is 5.91 Å². The third-order valence-corrected chi connectivity index (χ3v) is 2.86. The Hall–Kier alpha value is -1.65. The molecule has 0 aliphatic rings. The van der Waals surface area contributed by atoms with Crippen molar-refractivity contribution in [2.75, 3.05) is 6.54 Å². The zero-order valence-corrected chi connectivity index (χ0v) is 10.7. The standard InChI is InChI=1S/C12H19N3O2/c1-8(2)9(3)12(17)13-6-11(16)10-5-14-15(4)7-10/h5,7-9H,6H2,1-4H3,(H,13,17). The van der Waals surface area contributed by atoms with Crippen LogP contribution in [-0.2, 0) is 11.8 Å². The number of carbonyl (C=O) groups is 2. The van der Waals surface area contributed by atoms with E-state index in [9.17, 15) is 9.59 Å². The molecule has 1 N–H and O–H groups in total. The van der Waals surface area contributed by atoms with Gasteiger partial charge in [0.15, 0.2) is 5.78 Å². The monoisotopic (exact) mass is 237 g/mol. The van der Waals surface area contributed by atoms with Crippen molar-refractivity contribution >= 4 is 11.7 Å². The van der Waals surface area contributed by atoms with E-state index < -0.39 is 0 Å². The molecule has 5 nitrogen and oxygen atoms in total. The van der Waals surface area contributed by atoms with Crippen LogP contribution in [0.2, 0.25) is 0 Å². The number of aromatic nitrogens is 2. The number of ketones is 1. The second-order valence-corrected chi connectivity index (χ2v) is 4.58. The van der Waals surface area contributed by atoms with Gasteiger partial charge in [0, 0.05) is 19.2 Å². The lowest BCUT2D eigenvalue weighted by molar-refractivity contribution is -0.125. The summed E-state index contributed by atoms with van der Waals surface area (Å²) in [6, 6.07) is 0. The van der Waals surface area contributed by atoms with E-state index in [0.29, 0.717) is 5.56 Å². The molecule has 0 aliphatic carbocycles. The first-order valence-electron chi connectivity index (χ1n) is 5.71. The van der Waals surface area contributed by atoms with Gasteiger partial charge in [-0.3, -0.25) is 14.3 Å². The molecule has 0 fully saturated rings. The van der Waals surface area contributed by atoms with Gasteiger partial charge in [-0.1, -0.05) is 20.8 Å². The number of nitrogens with zero attached hydrogens (tertiary/aromatic N) is 2. The van der Waals surface area contributed by atoms with Crippen LogP contribution in [0.1, 0.15) is 31.1 Å². The molecule has 0 spiro atoms. The first kappa shape index (κ1) is 13.4. The van der Waals surface area contributed by atoms with Crippen LogP contribution in [-0.4, -0.2) is 28.0 Å². The average molecular weight is 237 g/mol. The Morgan fingerprint density at radius 3 is 2.53 bits per heavy atom. The highest BCUT2D eigenvalue weighted by Crippen LogP contribution is 2.09. The minimum Gasteiger partial charge on any atom is -0.348 e. The molecule has 0 aromatic carbocycles. The molecule has 1 atom stereocenters. The molecule has 1 amide bonds. The average Bonchev–Trinajstić information content (AvgIpc) is 2.71. The normalized spacial score (nSPS) is 12.5. The summed E-state index contributed by atoms with van der Waals surface area (Å²) < 4.78 is 1.56. The van der Waals surface area contributed by atoms with Gasteiger partial charge in [-0.15, -0.1) is 0 Å². The Morgan fingerprint density at radius 1 is 1.41 bits per heavy atom. The Kier molecular flexibility index (Phi) is 4.43. The number of hydrogen-bond donors (Lipinski definition) is 1. The summed E-state index contributed by atoms with van der Waals surface area (Å²) in [5, 5.41) is 6.56. The van der Waals surface area contributed by atoms with Crippen molar-refractivity contribution in [2.24, 2.45) is 18.9 Å². The number of hydrogen-bond acceptors (Lipinski definition) is 3. The Labute approximate surface area is 101 Å². The molecule has 5 heteroatoms. The molecule has 1 rings (SSSR count). The molecule has 0 saturated carbocycles. The largest absolute Gasteiger partial charge is 0.348 e. The maximum Gasteiger partial charge on any atom is 0.223 e. The maximum absolute atomic E-state index is 11.7. The van der Waals surface area contributed by atoms with Gasteiger partial charge < -0.3 is 5.32 Å². The highest BCUT2D eigenvalue weighted by molar-refractivity contribution is 5.99. The van der Waals surface area contributed by atoms with Crippen LogP contribution < -0.4 is 5.32 Å². The zero-order valence-electron chi connectivity index (χ0n) is 10.7. The van der Waals surface area contributed by atoms with Crippen molar-refractivity contribution in [3.05, 3.63) is 18.0 Å². The molecule has 1 unspecified atom stereocenters. The zero-order chi connectivity index (χ0) is 13.0. The molecule has 0 aliphatic heterocycles. The topological polar surface area (TPSA) is 64.0 Å². The number of carbonyl (C=O) groups excluding carboxylic acids is 2. The number of nitrogens with one attached hydrogen (secondary N) is 1. The van der Waals surface area contributed by atoms with E-state index in [4.69, 9.17) is 0 Å². The highest BCUT2D eigenvalue weighted by Gasteiger charge is 2.17. The first-order valence-corrected chi connectivity index (χ1v) is 5.71. The molecule has 0 saturated heterocycles. The van der Waals surface area contributed by atoms with Crippen molar-refractivity contribution in [1.82, 2.24) is 15.1 Å². The van der Waals surface area contributed by atoms with Gasteiger partial charge in [-0.25, -0.2) is 0 Å². The van der Waals surface area contributed by atoms with E-state index in [1.807, 2.05) is 20.8 Å². The fraction of sp³-hybridized carbons (Fsp3) is 0.583. The number of amides is 1.